The number of amides is 1. The Balaban J connectivity index is 1.49. The standard InChI is InChI=1S/C14H20ClN3OS/c1-10(15)14(19)18-6-4-17(5-7-18)8-13-16-12(9-20-13)11-2-3-11/h9-11H,2-8H2,1H3. The van der Waals surface area contributed by atoms with E-state index < -0.39 is 5.38 Å². The lowest BCUT2D eigenvalue weighted by molar-refractivity contribution is -0.132. The minimum Gasteiger partial charge on any atom is -0.339 e. The molecule has 1 aromatic heterocycles. The molecule has 1 aliphatic heterocycles. The van der Waals surface area contributed by atoms with E-state index in [-0.39, 0.29) is 5.91 Å². The van der Waals surface area contributed by atoms with E-state index in [0.717, 1.165) is 38.6 Å². The molecule has 2 fully saturated rings. The van der Waals surface area contributed by atoms with Crippen molar-refractivity contribution in [3.63, 3.8) is 0 Å². The number of carbonyl (C=O) groups is 1. The first-order chi connectivity index (χ1) is 9.63. The zero-order valence-corrected chi connectivity index (χ0v) is 13.3. The number of halogens is 1. The van der Waals surface area contributed by atoms with Crippen LogP contribution in [0, 0.1) is 0 Å². The molecule has 1 saturated heterocycles. The molecular formula is C14H20ClN3OS. The van der Waals surface area contributed by atoms with Crippen LogP contribution < -0.4 is 0 Å². The van der Waals surface area contributed by atoms with Gasteiger partial charge in [0.25, 0.3) is 0 Å². The first kappa shape index (κ1) is 14.3. The maximum Gasteiger partial charge on any atom is 0.240 e. The van der Waals surface area contributed by atoms with Crippen molar-refractivity contribution in [3.05, 3.63) is 16.1 Å². The third-order valence-electron chi connectivity index (χ3n) is 3.95. The van der Waals surface area contributed by atoms with Crippen molar-refractivity contribution in [2.24, 2.45) is 0 Å². The van der Waals surface area contributed by atoms with E-state index in [9.17, 15) is 4.79 Å². The summed E-state index contributed by atoms with van der Waals surface area (Å²) in [5.41, 5.74) is 1.29. The number of aromatic nitrogens is 1. The smallest absolute Gasteiger partial charge is 0.240 e. The van der Waals surface area contributed by atoms with Crippen LogP contribution in [0.2, 0.25) is 0 Å². The second-order valence-electron chi connectivity index (χ2n) is 5.66. The zero-order valence-electron chi connectivity index (χ0n) is 11.7. The molecule has 2 heterocycles. The molecule has 6 heteroatoms. The Morgan fingerprint density at radius 1 is 1.45 bits per heavy atom. The molecule has 0 N–H and O–H groups in total. The third kappa shape index (κ3) is 3.32. The topological polar surface area (TPSA) is 36.4 Å². The highest BCUT2D eigenvalue weighted by Crippen LogP contribution is 2.40. The fourth-order valence-corrected chi connectivity index (χ4v) is 3.59. The minimum atomic E-state index is -0.415. The van der Waals surface area contributed by atoms with Crippen LogP contribution in [-0.2, 0) is 11.3 Å². The Hall–Kier alpha value is -0.650. The number of nitrogens with zero attached hydrogens (tertiary/aromatic N) is 3. The number of hydrogen-bond donors (Lipinski definition) is 0. The maximum atomic E-state index is 11.8. The van der Waals surface area contributed by atoms with Crippen molar-refractivity contribution in [1.29, 1.82) is 0 Å². The molecule has 0 bridgehead atoms. The summed E-state index contributed by atoms with van der Waals surface area (Å²) >= 11 is 7.62. The van der Waals surface area contributed by atoms with Crippen LogP contribution in [0.4, 0.5) is 0 Å². The van der Waals surface area contributed by atoms with Gasteiger partial charge in [0.1, 0.15) is 10.4 Å². The van der Waals surface area contributed by atoms with Crippen LogP contribution in [0.15, 0.2) is 5.38 Å². The molecule has 0 spiro atoms. The lowest BCUT2D eigenvalue weighted by Gasteiger charge is -2.34. The van der Waals surface area contributed by atoms with Crippen molar-refractivity contribution < 1.29 is 4.79 Å². The summed E-state index contributed by atoms with van der Waals surface area (Å²) < 4.78 is 0. The normalized spacial score (nSPS) is 22.0. The predicted octanol–water partition coefficient (Wildman–Crippen LogP) is 2.29. The highest BCUT2D eigenvalue weighted by atomic mass is 35.5. The molecule has 1 saturated carbocycles. The molecule has 1 amide bonds. The lowest BCUT2D eigenvalue weighted by Crippen LogP contribution is -2.49. The van der Waals surface area contributed by atoms with Gasteiger partial charge in [-0.05, 0) is 19.8 Å². The predicted molar refractivity (Wildman–Crippen MR) is 81.3 cm³/mol. The van der Waals surface area contributed by atoms with Gasteiger partial charge in [-0.25, -0.2) is 4.98 Å². The van der Waals surface area contributed by atoms with Crippen molar-refractivity contribution in [2.75, 3.05) is 26.2 Å². The highest BCUT2D eigenvalue weighted by Gasteiger charge is 2.27. The largest absolute Gasteiger partial charge is 0.339 e. The van der Waals surface area contributed by atoms with E-state index in [4.69, 9.17) is 16.6 Å². The summed E-state index contributed by atoms with van der Waals surface area (Å²) in [6.45, 7) is 6.02. The summed E-state index contributed by atoms with van der Waals surface area (Å²) in [4.78, 5) is 20.8. The summed E-state index contributed by atoms with van der Waals surface area (Å²) in [5.74, 6) is 0.788. The van der Waals surface area contributed by atoms with Gasteiger partial charge in [-0.15, -0.1) is 22.9 Å². The van der Waals surface area contributed by atoms with Gasteiger partial charge in [0.15, 0.2) is 0 Å². The number of alkyl halides is 1. The van der Waals surface area contributed by atoms with E-state index in [1.54, 1.807) is 18.3 Å². The van der Waals surface area contributed by atoms with E-state index in [1.807, 2.05) is 4.90 Å². The number of thiazole rings is 1. The van der Waals surface area contributed by atoms with Crippen LogP contribution in [-0.4, -0.2) is 52.2 Å². The molecule has 1 aromatic rings. The molecule has 1 atom stereocenters. The average Bonchev–Trinajstić information content (AvgIpc) is 3.20. The molecule has 4 nitrogen and oxygen atoms in total. The molecule has 20 heavy (non-hydrogen) atoms. The van der Waals surface area contributed by atoms with Gasteiger partial charge in [-0.3, -0.25) is 9.69 Å². The van der Waals surface area contributed by atoms with Gasteiger partial charge < -0.3 is 4.90 Å². The lowest BCUT2D eigenvalue weighted by atomic mass is 10.3. The summed E-state index contributed by atoms with van der Waals surface area (Å²) in [6, 6.07) is 0. The minimum absolute atomic E-state index is 0.0524. The van der Waals surface area contributed by atoms with Crippen LogP contribution in [0.5, 0.6) is 0 Å². The van der Waals surface area contributed by atoms with Crippen LogP contribution in [0.1, 0.15) is 36.4 Å². The van der Waals surface area contributed by atoms with Gasteiger partial charge in [-0.1, -0.05) is 0 Å². The zero-order chi connectivity index (χ0) is 14.1. The molecule has 0 radical (unpaired) electrons. The Labute approximate surface area is 128 Å². The van der Waals surface area contributed by atoms with Crippen LogP contribution in [0.25, 0.3) is 0 Å². The van der Waals surface area contributed by atoms with E-state index in [1.165, 1.54) is 23.5 Å². The Bertz CT molecular complexity index is 479. The van der Waals surface area contributed by atoms with Crippen LogP contribution >= 0.6 is 22.9 Å². The van der Waals surface area contributed by atoms with Crippen LogP contribution in [0.3, 0.4) is 0 Å². The SMILES string of the molecule is CC(Cl)C(=O)N1CCN(Cc2nc(C3CC3)cs2)CC1. The van der Waals surface area contributed by atoms with E-state index >= 15 is 0 Å². The van der Waals surface area contributed by atoms with Crippen molar-refractivity contribution in [3.8, 4) is 0 Å². The molecular weight excluding hydrogens is 294 g/mol. The fourth-order valence-electron chi connectivity index (χ4n) is 2.53. The summed E-state index contributed by atoms with van der Waals surface area (Å²) in [7, 11) is 0. The second kappa shape index (κ2) is 6.00. The molecule has 2 aliphatic rings. The molecule has 1 unspecified atom stereocenters. The highest BCUT2D eigenvalue weighted by molar-refractivity contribution is 7.09. The summed E-state index contributed by atoms with van der Waals surface area (Å²) in [5, 5.41) is 3.00. The quantitative estimate of drug-likeness (QED) is 0.800. The number of carbonyl (C=O) groups excluding carboxylic acids is 1. The van der Waals surface area contributed by atoms with Gasteiger partial charge in [-0.2, -0.15) is 0 Å². The molecule has 3 rings (SSSR count). The number of hydrogen-bond acceptors (Lipinski definition) is 4. The van der Waals surface area contributed by atoms with Crippen molar-refractivity contribution in [1.82, 2.24) is 14.8 Å². The molecule has 1 aliphatic carbocycles. The molecule has 110 valence electrons. The number of piperazine rings is 1. The first-order valence-electron chi connectivity index (χ1n) is 7.23. The van der Waals surface area contributed by atoms with Gasteiger partial charge >= 0.3 is 0 Å². The summed E-state index contributed by atoms with van der Waals surface area (Å²) in [6.07, 6.45) is 2.61. The first-order valence-corrected chi connectivity index (χ1v) is 8.54. The van der Waals surface area contributed by atoms with Gasteiger partial charge in [0.2, 0.25) is 5.91 Å². The van der Waals surface area contributed by atoms with Gasteiger partial charge in [0, 0.05) is 37.5 Å². The van der Waals surface area contributed by atoms with Gasteiger partial charge in [0.05, 0.1) is 12.2 Å². The second-order valence-corrected chi connectivity index (χ2v) is 7.26. The fraction of sp³-hybridized carbons (Fsp3) is 0.714. The third-order valence-corrected chi connectivity index (χ3v) is 4.99. The van der Waals surface area contributed by atoms with Crippen molar-refractivity contribution >= 4 is 28.8 Å². The van der Waals surface area contributed by atoms with E-state index in [0.29, 0.717) is 0 Å². The molecule has 0 aromatic carbocycles. The monoisotopic (exact) mass is 313 g/mol. The number of rotatable bonds is 4. The Kier molecular flexibility index (Phi) is 4.29. The van der Waals surface area contributed by atoms with E-state index in [2.05, 4.69) is 10.3 Å². The van der Waals surface area contributed by atoms with Crippen molar-refractivity contribution in [2.45, 2.75) is 37.6 Å². The average molecular weight is 314 g/mol. The Morgan fingerprint density at radius 2 is 2.15 bits per heavy atom. The Morgan fingerprint density at radius 3 is 2.75 bits per heavy atom. The maximum absolute atomic E-state index is 11.8.